The fourth-order valence-electron chi connectivity index (χ4n) is 4.07. The summed E-state index contributed by atoms with van der Waals surface area (Å²) in [5.41, 5.74) is 0.519. The minimum Gasteiger partial charge on any atom is -0.297 e. The van der Waals surface area contributed by atoms with Crippen molar-refractivity contribution in [3.63, 3.8) is 0 Å². The first-order valence-corrected chi connectivity index (χ1v) is 7.14. The van der Waals surface area contributed by atoms with E-state index in [2.05, 4.69) is 37.8 Å². The van der Waals surface area contributed by atoms with Gasteiger partial charge >= 0.3 is 0 Å². The number of rotatable bonds is 3. The predicted molar refractivity (Wildman–Crippen MR) is 70.5 cm³/mol. The van der Waals surface area contributed by atoms with Gasteiger partial charge in [-0.2, -0.15) is 0 Å². The average Bonchev–Trinajstić information content (AvgIpc) is 2.69. The maximum absolute atomic E-state index is 2.81. The van der Waals surface area contributed by atoms with Crippen LogP contribution in [0.15, 0.2) is 12.2 Å². The van der Waals surface area contributed by atoms with Gasteiger partial charge in [0.15, 0.2) is 0 Å². The lowest BCUT2D eigenvalue weighted by atomic mass is 9.73. The van der Waals surface area contributed by atoms with Gasteiger partial charge in [0, 0.05) is 12.1 Å². The molecular weight excluding hydrogens is 194 g/mol. The highest BCUT2D eigenvalue weighted by Gasteiger charge is 2.49. The third kappa shape index (κ3) is 1.84. The summed E-state index contributed by atoms with van der Waals surface area (Å²) in [6, 6.07) is 0. The van der Waals surface area contributed by atoms with E-state index in [1.165, 1.54) is 45.2 Å². The lowest BCUT2D eigenvalue weighted by Gasteiger charge is -2.47. The topological polar surface area (TPSA) is 3.24 Å². The van der Waals surface area contributed by atoms with Gasteiger partial charge in [0.2, 0.25) is 0 Å². The van der Waals surface area contributed by atoms with Crippen LogP contribution in [0.4, 0.5) is 0 Å². The lowest BCUT2D eigenvalue weighted by molar-refractivity contribution is 0.0482. The molecule has 16 heavy (non-hydrogen) atoms. The zero-order chi connectivity index (χ0) is 11.6. The largest absolute Gasteiger partial charge is 0.297 e. The SMILES string of the molecule is CC=CC1CCCN2CC(CC)CC12CC. The molecule has 1 nitrogen and oxygen atoms in total. The van der Waals surface area contributed by atoms with Crippen LogP contribution in [0, 0.1) is 11.8 Å². The first-order chi connectivity index (χ1) is 7.76. The number of nitrogens with zero attached hydrogens (tertiary/aromatic N) is 1. The molecule has 2 heterocycles. The Balaban J connectivity index is 2.23. The summed E-state index contributed by atoms with van der Waals surface area (Å²) in [5.74, 6) is 1.76. The van der Waals surface area contributed by atoms with Crippen LogP contribution in [-0.2, 0) is 0 Å². The number of hydrogen-bond acceptors (Lipinski definition) is 1. The van der Waals surface area contributed by atoms with Crippen LogP contribution in [0.1, 0.15) is 52.9 Å². The van der Waals surface area contributed by atoms with E-state index >= 15 is 0 Å². The first kappa shape index (κ1) is 12.2. The molecule has 0 aromatic rings. The van der Waals surface area contributed by atoms with Crippen molar-refractivity contribution in [1.29, 1.82) is 0 Å². The number of hydrogen-bond donors (Lipinski definition) is 0. The molecule has 2 aliphatic rings. The first-order valence-electron chi connectivity index (χ1n) is 7.14. The highest BCUT2D eigenvalue weighted by Crippen LogP contribution is 2.47. The van der Waals surface area contributed by atoms with Crippen molar-refractivity contribution in [2.45, 2.75) is 58.4 Å². The minimum absolute atomic E-state index is 0.519. The van der Waals surface area contributed by atoms with E-state index in [-0.39, 0.29) is 0 Å². The van der Waals surface area contributed by atoms with E-state index < -0.39 is 0 Å². The second kappa shape index (κ2) is 4.91. The van der Waals surface area contributed by atoms with Crippen molar-refractivity contribution in [2.24, 2.45) is 11.8 Å². The van der Waals surface area contributed by atoms with Crippen molar-refractivity contribution in [3.8, 4) is 0 Å². The molecule has 0 aromatic heterocycles. The van der Waals surface area contributed by atoms with Crippen LogP contribution < -0.4 is 0 Å². The van der Waals surface area contributed by atoms with Crippen LogP contribution in [0.3, 0.4) is 0 Å². The Kier molecular flexibility index (Phi) is 3.73. The average molecular weight is 221 g/mol. The zero-order valence-electron chi connectivity index (χ0n) is 11.2. The Morgan fingerprint density at radius 3 is 2.81 bits per heavy atom. The summed E-state index contributed by atoms with van der Waals surface area (Å²) in [6.07, 6.45) is 11.7. The molecule has 2 fully saturated rings. The van der Waals surface area contributed by atoms with E-state index in [4.69, 9.17) is 0 Å². The molecule has 0 aliphatic carbocycles. The van der Waals surface area contributed by atoms with E-state index in [1.807, 2.05) is 0 Å². The number of allylic oxidation sites excluding steroid dienone is 1. The Labute approximate surface area is 101 Å². The standard InChI is InChI=1S/C15H27N/c1-4-8-14-9-7-10-16-12-13(5-2)11-15(14,16)6-3/h4,8,13-14H,5-7,9-12H2,1-3H3. The van der Waals surface area contributed by atoms with Crippen molar-refractivity contribution >= 4 is 0 Å². The van der Waals surface area contributed by atoms with E-state index in [0.29, 0.717) is 5.54 Å². The highest BCUT2D eigenvalue weighted by atomic mass is 15.2. The fraction of sp³-hybridized carbons (Fsp3) is 0.867. The van der Waals surface area contributed by atoms with Crippen LogP contribution in [0.5, 0.6) is 0 Å². The smallest absolute Gasteiger partial charge is 0.0272 e. The van der Waals surface area contributed by atoms with Gasteiger partial charge in [-0.15, -0.1) is 0 Å². The molecule has 0 aromatic carbocycles. The molecule has 1 heteroatoms. The van der Waals surface area contributed by atoms with Gasteiger partial charge in [-0.25, -0.2) is 0 Å². The quantitative estimate of drug-likeness (QED) is 0.654. The minimum atomic E-state index is 0.519. The third-order valence-corrected chi connectivity index (χ3v) is 5.00. The molecule has 0 bridgehead atoms. The van der Waals surface area contributed by atoms with Gasteiger partial charge in [-0.1, -0.05) is 32.4 Å². The van der Waals surface area contributed by atoms with Crippen molar-refractivity contribution < 1.29 is 0 Å². The predicted octanol–water partition coefficient (Wildman–Crippen LogP) is 3.85. The molecule has 0 spiro atoms. The van der Waals surface area contributed by atoms with Gasteiger partial charge in [0.1, 0.15) is 0 Å². The molecular formula is C15H27N. The molecule has 92 valence electrons. The maximum atomic E-state index is 2.81. The molecule has 0 amide bonds. The molecule has 2 rings (SSSR count). The molecule has 2 saturated heterocycles. The number of piperidine rings is 1. The summed E-state index contributed by atoms with van der Waals surface area (Å²) in [6.45, 7) is 9.63. The van der Waals surface area contributed by atoms with Crippen LogP contribution in [0.2, 0.25) is 0 Å². The van der Waals surface area contributed by atoms with Gasteiger partial charge < -0.3 is 0 Å². The Hall–Kier alpha value is -0.300. The molecule has 3 unspecified atom stereocenters. The second-order valence-electron chi connectivity index (χ2n) is 5.66. The molecule has 3 atom stereocenters. The molecule has 0 N–H and O–H groups in total. The maximum Gasteiger partial charge on any atom is 0.0272 e. The second-order valence-corrected chi connectivity index (χ2v) is 5.66. The molecule has 0 saturated carbocycles. The van der Waals surface area contributed by atoms with Crippen molar-refractivity contribution in [1.82, 2.24) is 4.90 Å². The van der Waals surface area contributed by atoms with Crippen LogP contribution in [0.25, 0.3) is 0 Å². The molecule has 0 radical (unpaired) electrons. The Morgan fingerprint density at radius 1 is 1.38 bits per heavy atom. The van der Waals surface area contributed by atoms with Gasteiger partial charge in [0.05, 0.1) is 0 Å². The van der Waals surface area contributed by atoms with Crippen molar-refractivity contribution in [2.75, 3.05) is 13.1 Å². The van der Waals surface area contributed by atoms with Gasteiger partial charge in [-0.3, -0.25) is 4.90 Å². The van der Waals surface area contributed by atoms with E-state index in [1.54, 1.807) is 0 Å². The van der Waals surface area contributed by atoms with Crippen LogP contribution in [-0.4, -0.2) is 23.5 Å². The van der Waals surface area contributed by atoms with Crippen molar-refractivity contribution in [3.05, 3.63) is 12.2 Å². The summed E-state index contributed by atoms with van der Waals surface area (Å²) < 4.78 is 0. The summed E-state index contributed by atoms with van der Waals surface area (Å²) in [5, 5.41) is 0. The summed E-state index contributed by atoms with van der Waals surface area (Å²) in [4.78, 5) is 2.81. The number of fused-ring (bicyclic) bond motifs is 1. The van der Waals surface area contributed by atoms with E-state index in [0.717, 1.165) is 11.8 Å². The lowest BCUT2D eigenvalue weighted by Crippen LogP contribution is -2.52. The summed E-state index contributed by atoms with van der Waals surface area (Å²) in [7, 11) is 0. The normalized spacial score (nSPS) is 40.4. The summed E-state index contributed by atoms with van der Waals surface area (Å²) >= 11 is 0. The zero-order valence-corrected chi connectivity index (χ0v) is 11.2. The molecule has 2 aliphatic heterocycles. The van der Waals surface area contributed by atoms with Crippen LogP contribution >= 0.6 is 0 Å². The highest BCUT2D eigenvalue weighted by molar-refractivity contribution is 5.10. The monoisotopic (exact) mass is 221 g/mol. The Morgan fingerprint density at radius 2 is 2.19 bits per heavy atom. The van der Waals surface area contributed by atoms with Gasteiger partial charge in [-0.05, 0) is 51.0 Å². The van der Waals surface area contributed by atoms with E-state index in [9.17, 15) is 0 Å². The Bertz CT molecular complexity index is 258. The third-order valence-electron chi connectivity index (χ3n) is 5.00. The van der Waals surface area contributed by atoms with Gasteiger partial charge in [0.25, 0.3) is 0 Å². The fourth-order valence-corrected chi connectivity index (χ4v) is 4.07.